The van der Waals surface area contributed by atoms with Crippen molar-refractivity contribution in [2.45, 2.75) is 0 Å². The predicted octanol–water partition coefficient (Wildman–Crippen LogP) is 10.0. The lowest BCUT2D eigenvalue weighted by atomic mass is 9.91. The van der Waals surface area contributed by atoms with Gasteiger partial charge >= 0.3 is 0 Å². The Balaban J connectivity index is 1.30. The molecule has 0 spiro atoms. The summed E-state index contributed by atoms with van der Waals surface area (Å²) in [6.07, 6.45) is 4.43. The molecular formula is C36H26. The highest BCUT2D eigenvalue weighted by atomic mass is 14.1. The SMILES string of the molecule is C(=Cc1ccccc1-c1ccccc1-c1ccccc1)c1ccc(-c2ccc3ccccc3c2)cc1. The predicted molar refractivity (Wildman–Crippen MR) is 156 cm³/mol. The Morgan fingerprint density at radius 2 is 0.944 bits per heavy atom. The van der Waals surface area contributed by atoms with Gasteiger partial charge in [-0.05, 0) is 61.3 Å². The number of hydrogen-bond acceptors (Lipinski definition) is 0. The van der Waals surface area contributed by atoms with E-state index in [-0.39, 0.29) is 0 Å². The molecule has 0 saturated heterocycles. The quantitative estimate of drug-likeness (QED) is 0.225. The van der Waals surface area contributed by atoms with Crippen LogP contribution in [0.15, 0.2) is 146 Å². The van der Waals surface area contributed by atoms with Gasteiger partial charge in [-0.2, -0.15) is 0 Å². The topological polar surface area (TPSA) is 0 Å². The zero-order valence-corrected chi connectivity index (χ0v) is 20.0. The van der Waals surface area contributed by atoms with Crippen molar-refractivity contribution in [3.63, 3.8) is 0 Å². The van der Waals surface area contributed by atoms with E-state index in [1.807, 2.05) is 0 Å². The molecule has 0 aliphatic carbocycles. The Bertz CT molecular complexity index is 1650. The Morgan fingerprint density at radius 1 is 0.333 bits per heavy atom. The molecule has 6 aromatic rings. The molecule has 0 nitrogen and oxygen atoms in total. The fraction of sp³-hybridized carbons (Fsp3) is 0. The average Bonchev–Trinajstić information content (AvgIpc) is 2.97. The second-order valence-corrected chi connectivity index (χ2v) is 9.02. The molecule has 36 heavy (non-hydrogen) atoms. The van der Waals surface area contributed by atoms with E-state index in [1.54, 1.807) is 0 Å². The molecule has 0 N–H and O–H groups in total. The van der Waals surface area contributed by atoms with Gasteiger partial charge in [0.2, 0.25) is 0 Å². The molecule has 0 unspecified atom stereocenters. The van der Waals surface area contributed by atoms with Crippen LogP contribution in [0.5, 0.6) is 0 Å². The van der Waals surface area contributed by atoms with Gasteiger partial charge in [0.05, 0.1) is 0 Å². The van der Waals surface area contributed by atoms with Crippen molar-refractivity contribution >= 4 is 22.9 Å². The van der Waals surface area contributed by atoms with Crippen LogP contribution in [0.4, 0.5) is 0 Å². The average molecular weight is 459 g/mol. The van der Waals surface area contributed by atoms with E-state index in [2.05, 4.69) is 158 Å². The molecule has 0 amide bonds. The van der Waals surface area contributed by atoms with E-state index in [0.29, 0.717) is 0 Å². The summed E-state index contributed by atoms with van der Waals surface area (Å²) in [4.78, 5) is 0. The van der Waals surface area contributed by atoms with Crippen molar-refractivity contribution in [1.82, 2.24) is 0 Å². The third-order valence-corrected chi connectivity index (χ3v) is 6.71. The largest absolute Gasteiger partial charge is 0.0622 e. The maximum Gasteiger partial charge on any atom is -0.00994 e. The second-order valence-electron chi connectivity index (χ2n) is 9.02. The first-order chi connectivity index (χ1) is 17.8. The van der Waals surface area contributed by atoms with Crippen LogP contribution in [0.3, 0.4) is 0 Å². The maximum atomic E-state index is 2.26. The molecule has 0 atom stereocenters. The zero-order valence-electron chi connectivity index (χ0n) is 20.0. The molecule has 170 valence electrons. The molecule has 6 aromatic carbocycles. The summed E-state index contributed by atoms with van der Waals surface area (Å²) in [6, 6.07) is 51.9. The van der Waals surface area contributed by atoms with Crippen LogP contribution in [-0.2, 0) is 0 Å². The van der Waals surface area contributed by atoms with Gasteiger partial charge in [-0.1, -0.05) is 152 Å². The van der Waals surface area contributed by atoms with Gasteiger partial charge in [0, 0.05) is 0 Å². The van der Waals surface area contributed by atoms with Crippen LogP contribution in [0.2, 0.25) is 0 Å². The van der Waals surface area contributed by atoms with Crippen LogP contribution < -0.4 is 0 Å². The summed E-state index contributed by atoms with van der Waals surface area (Å²) in [5.74, 6) is 0. The van der Waals surface area contributed by atoms with Crippen molar-refractivity contribution in [2.75, 3.05) is 0 Å². The third kappa shape index (κ3) is 4.50. The molecule has 0 radical (unpaired) electrons. The lowest BCUT2D eigenvalue weighted by Gasteiger charge is -2.12. The summed E-state index contributed by atoms with van der Waals surface area (Å²) in [5.41, 5.74) is 9.83. The minimum absolute atomic E-state index is 1.19. The van der Waals surface area contributed by atoms with Gasteiger partial charge in [-0.3, -0.25) is 0 Å². The Labute approximate surface area is 212 Å². The van der Waals surface area contributed by atoms with Crippen molar-refractivity contribution in [2.24, 2.45) is 0 Å². The van der Waals surface area contributed by atoms with Crippen LogP contribution in [0.25, 0.3) is 56.3 Å². The van der Waals surface area contributed by atoms with E-state index in [0.717, 1.165) is 0 Å². The second kappa shape index (κ2) is 9.90. The fourth-order valence-corrected chi connectivity index (χ4v) is 4.82. The zero-order chi connectivity index (χ0) is 24.2. The summed E-state index contributed by atoms with van der Waals surface area (Å²) in [5, 5.41) is 2.54. The Hall–Kier alpha value is -4.68. The fourth-order valence-electron chi connectivity index (χ4n) is 4.82. The highest BCUT2D eigenvalue weighted by Crippen LogP contribution is 2.34. The van der Waals surface area contributed by atoms with Gasteiger partial charge in [0.15, 0.2) is 0 Å². The standard InChI is InChI=1S/C36H26/c1-2-11-30(12-3-1)34-16-8-9-17-36(34)35-15-7-6-13-31(35)23-20-27-18-21-29(22-19-27)33-25-24-28-10-4-5-14-32(28)26-33/h1-26H. The van der Waals surface area contributed by atoms with E-state index in [1.165, 1.54) is 55.3 Å². The summed E-state index contributed by atoms with van der Waals surface area (Å²) in [6.45, 7) is 0. The van der Waals surface area contributed by atoms with Crippen LogP contribution >= 0.6 is 0 Å². The van der Waals surface area contributed by atoms with E-state index in [4.69, 9.17) is 0 Å². The molecular weight excluding hydrogens is 432 g/mol. The van der Waals surface area contributed by atoms with E-state index < -0.39 is 0 Å². The minimum Gasteiger partial charge on any atom is -0.0622 e. The molecule has 0 fully saturated rings. The molecule has 0 aromatic heterocycles. The molecule has 0 aliphatic heterocycles. The van der Waals surface area contributed by atoms with Gasteiger partial charge < -0.3 is 0 Å². The number of benzene rings is 6. The Kier molecular flexibility index (Phi) is 6.00. The molecule has 6 rings (SSSR count). The number of rotatable bonds is 5. The molecule has 0 heterocycles. The normalized spacial score (nSPS) is 11.2. The monoisotopic (exact) mass is 458 g/mol. The van der Waals surface area contributed by atoms with Crippen molar-refractivity contribution < 1.29 is 0 Å². The highest BCUT2D eigenvalue weighted by Gasteiger charge is 2.09. The Morgan fingerprint density at radius 3 is 1.75 bits per heavy atom. The van der Waals surface area contributed by atoms with Gasteiger partial charge in [0.25, 0.3) is 0 Å². The number of hydrogen-bond donors (Lipinski definition) is 0. The highest BCUT2D eigenvalue weighted by molar-refractivity contribution is 5.90. The smallest absolute Gasteiger partial charge is 0.00994 e. The van der Waals surface area contributed by atoms with Crippen molar-refractivity contribution in [3.05, 3.63) is 157 Å². The first-order valence-corrected chi connectivity index (χ1v) is 12.4. The summed E-state index contributed by atoms with van der Waals surface area (Å²) in [7, 11) is 0. The van der Waals surface area contributed by atoms with Crippen LogP contribution in [0.1, 0.15) is 11.1 Å². The first kappa shape index (κ1) is 21.8. The van der Waals surface area contributed by atoms with E-state index >= 15 is 0 Å². The lowest BCUT2D eigenvalue weighted by Crippen LogP contribution is -1.88. The lowest BCUT2D eigenvalue weighted by molar-refractivity contribution is 1.56. The van der Waals surface area contributed by atoms with E-state index in [9.17, 15) is 0 Å². The van der Waals surface area contributed by atoms with Gasteiger partial charge in [0.1, 0.15) is 0 Å². The van der Waals surface area contributed by atoms with Crippen molar-refractivity contribution in [1.29, 1.82) is 0 Å². The molecule has 0 saturated carbocycles. The van der Waals surface area contributed by atoms with Gasteiger partial charge in [-0.15, -0.1) is 0 Å². The first-order valence-electron chi connectivity index (χ1n) is 12.4. The van der Waals surface area contributed by atoms with Gasteiger partial charge in [-0.25, -0.2) is 0 Å². The third-order valence-electron chi connectivity index (χ3n) is 6.71. The minimum atomic E-state index is 1.19. The van der Waals surface area contributed by atoms with Crippen LogP contribution in [0, 0.1) is 0 Å². The maximum absolute atomic E-state index is 2.26. The summed E-state index contributed by atoms with van der Waals surface area (Å²) >= 11 is 0. The number of fused-ring (bicyclic) bond motifs is 1. The van der Waals surface area contributed by atoms with Crippen molar-refractivity contribution in [3.8, 4) is 33.4 Å². The molecule has 0 aliphatic rings. The molecule has 0 bridgehead atoms. The van der Waals surface area contributed by atoms with Crippen LogP contribution in [-0.4, -0.2) is 0 Å². The molecule has 0 heteroatoms. The summed E-state index contributed by atoms with van der Waals surface area (Å²) < 4.78 is 0.